The zero-order chi connectivity index (χ0) is 14.8. The van der Waals surface area contributed by atoms with Gasteiger partial charge in [-0.2, -0.15) is 0 Å². The fraction of sp³-hybridized carbons (Fsp3) is 0.467. The Labute approximate surface area is 129 Å². The minimum Gasteiger partial charge on any atom is -0.469 e. The Morgan fingerprint density at radius 2 is 2.00 bits per heavy atom. The molecule has 6 heteroatoms. The molecule has 0 amide bonds. The Bertz CT molecular complexity index is 505. The molecule has 0 aliphatic heterocycles. The minimum absolute atomic E-state index is 0.645. The van der Waals surface area contributed by atoms with Crippen molar-refractivity contribution in [1.82, 2.24) is 15.5 Å². The second kappa shape index (κ2) is 9.44. The zero-order valence-electron chi connectivity index (χ0n) is 12.2. The molecule has 0 saturated heterocycles. The summed E-state index contributed by atoms with van der Waals surface area (Å²) in [6.07, 6.45) is 2.00. The monoisotopic (exact) mass is 307 g/mol. The molecule has 0 radical (unpaired) electrons. The van der Waals surface area contributed by atoms with Crippen LogP contribution in [0.1, 0.15) is 17.0 Å². The molecule has 0 unspecified atom stereocenters. The van der Waals surface area contributed by atoms with Gasteiger partial charge in [-0.1, -0.05) is 41.7 Å². The zero-order valence-corrected chi connectivity index (χ0v) is 13.1. The number of aryl methyl sites for hydroxylation is 1. The second-order valence-corrected chi connectivity index (χ2v) is 5.59. The molecule has 0 aliphatic rings. The average molecular weight is 307 g/mol. The van der Waals surface area contributed by atoms with Crippen LogP contribution in [-0.2, 0) is 17.7 Å². The fourth-order valence-electron chi connectivity index (χ4n) is 1.82. The number of hydrogen-bond donors (Lipinski definition) is 1. The van der Waals surface area contributed by atoms with Crippen molar-refractivity contribution in [3.05, 3.63) is 40.9 Å². The Balaban J connectivity index is 1.61. The van der Waals surface area contributed by atoms with E-state index in [2.05, 4.69) is 39.8 Å². The normalized spacial score (nSPS) is 10.7. The van der Waals surface area contributed by atoms with Crippen molar-refractivity contribution in [3.63, 3.8) is 0 Å². The lowest BCUT2D eigenvalue weighted by atomic mass is 10.1. The van der Waals surface area contributed by atoms with Gasteiger partial charge in [-0.25, -0.2) is 0 Å². The summed E-state index contributed by atoms with van der Waals surface area (Å²) in [5, 5.41) is 12.9. The van der Waals surface area contributed by atoms with Crippen molar-refractivity contribution in [3.8, 4) is 5.19 Å². The van der Waals surface area contributed by atoms with Gasteiger partial charge in [0.15, 0.2) is 0 Å². The SMILES string of the molecule is COCCNCc1nnc(OCCCc2ccccc2)s1. The van der Waals surface area contributed by atoms with Crippen molar-refractivity contribution in [2.24, 2.45) is 0 Å². The van der Waals surface area contributed by atoms with Crippen LogP contribution in [0.2, 0.25) is 0 Å². The maximum Gasteiger partial charge on any atom is 0.294 e. The Hall–Kier alpha value is -1.50. The van der Waals surface area contributed by atoms with Gasteiger partial charge in [0.1, 0.15) is 5.01 Å². The van der Waals surface area contributed by atoms with Crippen LogP contribution < -0.4 is 10.1 Å². The average Bonchev–Trinajstić information content (AvgIpc) is 2.97. The van der Waals surface area contributed by atoms with Crippen LogP contribution in [-0.4, -0.2) is 37.1 Å². The molecule has 21 heavy (non-hydrogen) atoms. The standard InChI is InChI=1S/C15H21N3O2S/c1-19-11-9-16-12-14-17-18-15(21-14)20-10-5-8-13-6-3-2-4-7-13/h2-4,6-7,16H,5,8-12H2,1H3. The van der Waals surface area contributed by atoms with Crippen molar-refractivity contribution in [1.29, 1.82) is 0 Å². The van der Waals surface area contributed by atoms with Gasteiger partial charge in [-0.05, 0) is 18.4 Å². The van der Waals surface area contributed by atoms with E-state index >= 15 is 0 Å². The van der Waals surface area contributed by atoms with Gasteiger partial charge in [0.05, 0.1) is 13.2 Å². The van der Waals surface area contributed by atoms with Crippen LogP contribution in [0, 0.1) is 0 Å². The third kappa shape index (κ3) is 6.20. The van der Waals surface area contributed by atoms with Crippen LogP contribution >= 0.6 is 11.3 Å². The first kappa shape index (κ1) is 15.9. The first-order chi connectivity index (χ1) is 10.4. The molecule has 0 spiro atoms. The van der Waals surface area contributed by atoms with Crippen molar-refractivity contribution in [2.75, 3.05) is 26.9 Å². The molecule has 1 aromatic heterocycles. The molecule has 114 valence electrons. The minimum atomic E-state index is 0.645. The first-order valence-electron chi connectivity index (χ1n) is 7.07. The lowest BCUT2D eigenvalue weighted by Gasteiger charge is -2.02. The smallest absolute Gasteiger partial charge is 0.294 e. The van der Waals surface area contributed by atoms with E-state index in [1.165, 1.54) is 16.9 Å². The molecule has 0 aliphatic carbocycles. The fourth-order valence-corrected chi connectivity index (χ4v) is 2.50. The molecule has 1 heterocycles. The molecule has 1 aromatic carbocycles. The van der Waals surface area contributed by atoms with E-state index in [0.717, 1.165) is 24.4 Å². The van der Waals surface area contributed by atoms with Gasteiger partial charge in [-0.3, -0.25) is 0 Å². The molecule has 0 atom stereocenters. The Morgan fingerprint density at radius 1 is 1.14 bits per heavy atom. The van der Waals surface area contributed by atoms with E-state index in [4.69, 9.17) is 9.47 Å². The van der Waals surface area contributed by atoms with E-state index in [-0.39, 0.29) is 0 Å². The number of rotatable bonds is 10. The third-order valence-electron chi connectivity index (χ3n) is 2.89. The molecule has 2 rings (SSSR count). The van der Waals surface area contributed by atoms with Crippen LogP contribution in [0.3, 0.4) is 0 Å². The molecular formula is C15H21N3O2S. The van der Waals surface area contributed by atoms with E-state index in [0.29, 0.717) is 25.0 Å². The van der Waals surface area contributed by atoms with Gasteiger partial charge in [0.25, 0.3) is 5.19 Å². The maximum atomic E-state index is 5.63. The predicted molar refractivity (Wildman–Crippen MR) is 83.7 cm³/mol. The summed E-state index contributed by atoms with van der Waals surface area (Å²) in [6.45, 7) is 2.88. The van der Waals surface area contributed by atoms with Crippen molar-refractivity contribution >= 4 is 11.3 Å². The van der Waals surface area contributed by atoms with Gasteiger partial charge >= 0.3 is 0 Å². The predicted octanol–water partition coefficient (Wildman–Crippen LogP) is 2.29. The highest BCUT2D eigenvalue weighted by Gasteiger charge is 2.04. The Kier molecular flexibility index (Phi) is 7.14. The molecule has 0 saturated carbocycles. The van der Waals surface area contributed by atoms with Gasteiger partial charge < -0.3 is 14.8 Å². The summed E-state index contributed by atoms with van der Waals surface area (Å²) in [7, 11) is 1.69. The van der Waals surface area contributed by atoms with Gasteiger partial charge in [0.2, 0.25) is 0 Å². The highest BCUT2D eigenvalue weighted by Crippen LogP contribution is 2.17. The van der Waals surface area contributed by atoms with Crippen LogP contribution in [0.15, 0.2) is 30.3 Å². The summed E-state index contributed by atoms with van der Waals surface area (Å²) >= 11 is 1.49. The van der Waals surface area contributed by atoms with Crippen molar-refractivity contribution < 1.29 is 9.47 Å². The summed E-state index contributed by atoms with van der Waals surface area (Å²) in [5.41, 5.74) is 1.33. The second-order valence-electron chi connectivity index (χ2n) is 4.57. The van der Waals surface area contributed by atoms with Crippen LogP contribution in [0.25, 0.3) is 0 Å². The summed E-state index contributed by atoms with van der Waals surface area (Å²) in [5.74, 6) is 0. The number of methoxy groups -OCH3 is 1. The maximum absolute atomic E-state index is 5.63. The number of hydrogen-bond acceptors (Lipinski definition) is 6. The lowest BCUT2D eigenvalue weighted by molar-refractivity contribution is 0.199. The molecule has 0 fully saturated rings. The molecule has 1 N–H and O–H groups in total. The summed E-state index contributed by atoms with van der Waals surface area (Å²) in [6, 6.07) is 10.4. The van der Waals surface area contributed by atoms with Gasteiger partial charge in [-0.15, -0.1) is 10.2 Å². The number of aromatic nitrogens is 2. The number of nitrogens with zero attached hydrogens (tertiary/aromatic N) is 2. The molecule has 2 aromatic rings. The van der Waals surface area contributed by atoms with E-state index in [1.807, 2.05) is 6.07 Å². The van der Waals surface area contributed by atoms with E-state index < -0.39 is 0 Å². The number of benzene rings is 1. The molecule has 0 bridgehead atoms. The topological polar surface area (TPSA) is 56.3 Å². The van der Waals surface area contributed by atoms with Gasteiger partial charge in [0, 0.05) is 20.2 Å². The largest absolute Gasteiger partial charge is 0.469 e. The summed E-state index contributed by atoms with van der Waals surface area (Å²) < 4.78 is 10.6. The summed E-state index contributed by atoms with van der Waals surface area (Å²) in [4.78, 5) is 0. The van der Waals surface area contributed by atoms with E-state index in [9.17, 15) is 0 Å². The molecular weight excluding hydrogens is 286 g/mol. The highest BCUT2D eigenvalue weighted by atomic mass is 32.1. The van der Waals surface area contributed by atoms with Crippen molar-refractivity contribution in [2.45, 2.75) is 19.4 Å². The van der Waals surface area contributed by atoms with Crippen LogP contribution in [0.4, 0.5) is 0 Å². The Morgan fingerprint density at radius 3 is 2.81 bits per heavy atom. The van der Waals surface area contributed by atoms with Crippen LogP contribution in [0.5, 0.6) is 5.19 Å². The third-order valence-corrected chi connectivity index (χ3v) is 3.72. The molecule has 5 nitrogen and oxygen atoms in total. The number of ether oxygens (including phenoxy) is 2. The number of nitrogens with one attached hydrogen (secondary N) is 1. The lowest BCUT2D eigenvalue weighted by Crippen LogP contribution is -2.18. The quantitative estimate of drug-likeness (QED) is 0.683. The first-order valence-corrected chi connectivity index (χ1v) is 7.89. The highest BCUT2D eigenvalue weighted by molar-refractivity contribution is 7.13. The van der Waals surface area contributed by atoms with E-state index in [1.54, 1.807) is 7.11 Å².